The quantitative estimate of drug-likeness (QED) is 0.181. The number of carbonyl (C=O) groups excluding carboxylic acids is 2. The van der Waals surface area contributed by atoms with Crippen LogP contribution in [0, 0.1) is 0 Å². The fraction of sp³-hybridized carbons (Fsp3) is 0.346. The molecule has 4 rings (SSSR count). The van der Waals surface area contributed by atoms with E-state index < -0.39 is 19.9 Å². The Morgan fingerprint density at radius 3 is 2.53 bits per heavy atom. The molecular weight excluding hydrogens is 500 g/mol. The first-order valence-corrected chi connectivity index (χ1v) is 16.1. The Kier molecular flexibility index (Phi) is 8.22. The zero-order valence-electron chi connectivity index (χ0n) is 22.2. The third-order valence-corrected chi connectivity index (χ3v) is 7.84. The van der Waals surface area contributed by atoms with E-state index in [0.717, 1.165) is 17.3 Å². The topological polar surface area (TPSA) is 133 Å². The molecule has 4 aromatic rings. The summed E-state index contributed by atoms with van der Waals surface area (Å²) in [5, 5.41) is 11.9. The number of anilines is 2. The molecule has 3 heterocycles. The average molecular weight is 535 g/mol. The third-order valence-electron chi connectivity index (χ3n) is 6.13. The summed E-state index contributed by atoms with van der Waals surface area (Å²) in [4.78, 5) is 32.3. The van der Waals surface area contributed by atoms with Crippen LogP contribution < -0.4 is 11.1 Å². The maximum atomic E-state index is 13.4. The number of fused-ring (bicyclic) bond motifs is 1. The van der Waals surface area contributed by atoms with Crippen LogP contribution in [0.5, 0.6) is 0 Å². The molecule has 0 saturated carbocycles. The fourth-order valence-electron chi connectivity index (χ4n) is 3.92. The molecule has 12 heteroatoms. The van der Waals surface area contributed by atoms with Crippen molar-refractivity contribution in [2.24, 2.45) is 7.05 Å². The van der Waals surface area contributed by atoms with Gasteiger partial charge in [0.25, 0.3) is 0 Å². The molecule has 200 valence electrons. The van der Waals surface area contributed by atoms with Crippen LogP contribution in [0.25, 0.3) is 10.9 Å². The van der Waals surface area contributed by atoms with Gasteiger partial charge in [-0.05, 0) is 17.7 Å². The van der Waals surface area contributed by atoms with Gasteiger partial charge in [-0.2, -0.15) is 10.2 Å². The van der Waals surface area contributed by atoms with Crippen molar-refractivity contribution in [2.75, 3.05) is 17.7 Å². The van der Waals surface area contributed by atoms with E-state index >= 15 is 0 Å². The highest BCUT2D eigenvalue weighted by atomic mass is 28.3. The van der Waals surface area contributed by atoms with Crippen LogP contribution in [0.2, 0.25) is 25.7 Å². The number of amides is 2. The second kappa shape index (κ2) is 11.6. The molecule has 1 aromatic carbocycles. The summed E-state index contributed by atoms with van der Waals surface area (Å²) >= 11 is 0. The molecule has 0 unspecified atom stereocenters. The maximum absolute atomic E-state index is 13.4. The van der Waals surface area contributed by atoms with Crippen LogP contribution in [-0.2, 0) is 41.2 Å². The molecule has 0 bridgehead atoms. The van der Waals surface area contributed by atoms with Crippen LogP contribution in [-0.4, -0.2) is 55.9 Å². The number of pyridine rings is 1. The monoisotopic (exact) mass is 534 g/mol. The summed E-state index contributed by atoms with van der Waals surface area (Å²) in [5.41, 5.74) is 8.65. The SMILES string of the molecule is Cn1nccc1CN(Cc1ccccc1)C(=O)C(=O)Nc1cnc(N)c2cnn(COCC[Si](C)(C)C)c12. The molecule has 3 N–H and O–H groups in total. The number of aromatic nitrogens is 5. The van der Waals surface area contributed by atoms with Crippen molar-refractivity contribution in [3.05, 3.63) is 66.2 Å². The lowest BCUT2D eigenvalue weighted by molar-refractivity contribution is -0.144. The number of nitrogen functional groups attached to an aromatic ring is 1. The first kappa shape index (κ1) is 27.0. The van der Waals surface area contributed by atoms with Gasteiger partial charge in [-0.15, -0.1) is 0 Å². The fourth-order valence-corrected chi connectivity index (χ4v) is 4.67. The molecule has 38 heavy (non-hydrogen) atoms. The molecule has 0 radical (unpaired) electrons. The number of rotatable bonds is 10. The van der Waals surface area contributed by atoms with Gasteiger partial charge in [0.15, 0.2) is 0 Å². The first-order valence-electron chi connectivity index (χ1n) is 12.4. The molecule has 3 aromatic heterocycles. The number of hydrogen-bond acceptors (Lipinski definition) is 7. The van der Waals surface area contributed by atoms with E-state index in [1.807, 2.05) is 36.4 Å². The molecular formula is C26H34N8O3Si. The van der Waals surface area contributed by atoms with Gasteiger partial charge in [0.05, 0.1) is 41.2 Å². The lowest BCUT2D eigenvalue weighted by Gasteiger charge is -2.22. The van der Waals surface area contributed by atoms with E-state index in [2.05, 4.69) is 40.1 Å². The van der Waals surface area contributed by atoms with Gasteiger partial charge < -0.3 is 20.7 Å². The Balaban J connectivity index is 1.55. The van der Waals surface area contributed by atoms with E-state index in [9.17, 15) is 9.59 Å². The molecule has 0 saturated heterocycles. The number of hydrogen-bond donors (Lipinski definition) is 2. The molecule has 11 nitrogen and oxygen atoms in total. The predicted octanol–water partition coefficient (Wildman–Crippen LogP) is 3.23. The summed E-state index contributed by atoms with van der Waals surface area (Å²) in [6.07, 6.45) is 4.68. The van der Waals surface area contributed by atoms with E-state index in [0.29, 0.717) is 23.2 Å². The minimum atomic E-state index is -1.24. The summed E-state index contributed by atoms with van der Waals surface area (Å²) < 4.78 is 9.16. The number of nitrogens with two attached hydrogens (primary N) is 1. The van der Waals surface area contributed by atoms with Crippen molar-refractivity contribution in [3.8, 4) is 0 Å². The van der Waals surface area contributed by atoms with E-state index in [-0.39, 0.29) is 25.6 Å². The Labute approximate surface area is 222 Å². The zero-order chi connectivity index (χ0) is 27.3. The number of aryl methyl sites for hydroxylation is 1. The van der Waals surface area contributed by atoms with Gasteiger partial charge in [0.1, 0.15) is 12.5 Å². The molecule has 0 aliphatic heterocycles. The van der Waals surface area contributed by atoms with Gasteiger partial charge in [-0.1, -0.05) is 50.0 Å². The van der Waals surface area contributed by atoms with Gasteiger partial charge in [0.2, 0.25) is 0 Å². The summed E-state index contributed by atoms with van der Waals surface area (Å²) in [7, 11) is 0.553. The van der Waals surface area contributed by atoms with Crippen LogP contribution in [0.4, 0.5) is 11.5 Å². The highest BCUT2D eigenvalue weighted by molar-refractivity contribution is 6.76. The number of nitrogens with zero attached hydrogens (tertiary/aromatic N) is 6. The summed E-state index contributed by atoms with van der Waals surface area (Å²) in [5.74, 6) is -1.19. The number of carbonyl (C=O) groups is 2. The van der Waals surface area contributed by atoms with Gasteiger partial charge in [-0.25, -0.2) is 9.67 Å². The second-order valence-corrected chi connectivity index (χ2v) is 16.0. The largest absolute Gasteiger partial charge is 0.383 e. The van der Waals surface area contributed by atoms with Crippen LogP contribution in [0.1, 0.15) is 11.3 Å². The Morgan fingerprint density at radius 2 is 1.84 bits per heavy atom. The van der Waals surface area contributed by atoms with Crippen molar-refractivity contribution < 1.29 is 14.3 Å². The molecule has 2 amide bonds. The normalized spacial score (nSPS) is 11.6. The smallest absolute Gasteiger partial charge is 0.314 e. The second-order valence-electron chi connectivity index (χ2n) is 10.4. The molecule has 0 aliphatic rings. The maximum Gasteiger partial charge on any atom is 0.314 e. The van der Waals surface area contributed by atoms with Gasteiger partial charge in [-0.3, -0.25) is 14.3 Å². The van der Waals surface area contributed by atoms with Gasteiger partial charge >= 0.3 is 11.8 Å². The van der Waals surface area contributed by atoms with Crippen molar-refractivity contribution in [2.45, 2.75) is 45.5 Å². The van der Waals surface area contributed by atoms with Crippen molar-refractivity contribution in [1.29, 1.82) is 0 Å². The van der Waals surface area contributed by atoms with Crippen molar-refractivity contribution >= 4 is 42.3 Å². The highest BCUT2D eigenvalue weighted by Crippen LogP contribution is 2.27. The standard InChI is InChI=1S/C26H34N8O3Si/c1-32-20(10-11-29-32)17-33(16-19-8-6-5-7-9-19)26(36)25(35)31-22-15-28-24(27)21-14-30-34(23(21)22)18-37-12-13-38(2,3)4/h5-11,14-15H,12-13,16-18H2,1-4H3,(H2,27,28)(H,31,35). The average Bonchev–Trinajstić information content (AvgIpc) is 3.49. The summed E-state index contributed by atoms with van der Waals surface area (Å²) in [6.45, 7) is 8.13. The lowest BCUT2D eigenvalue weighted by atomic mass is 10.2. The predicted molar refractivity (Wildman–Crippen MR) is 149 cm³/mol. The Morgan fingerprint density at radius 1 is 1.08 bits per heavy atom. The Bertz CT molecular complexity index is 1410. The first-order chi connectivity index (χ1) is 18.1. The van der Waals surface area contributed by atoms with Crippen molar-refractivity contribution in [3.63, 3.8) is 0 Å². The van der Waals surface area contributed by atoms with E-state index in [1.165, 1.54) is 11.1 Å². The minimum Gasteiger partial charge on any atom is -0.383 e. The molecule has 0 aliphatic carbocycles. The van der Waals surface area contributed by atoms with E-state index in [1.54, 1.807) is 28.8 Å². The minimum absolute atomic E-state index is 0.189. The summed E-state index contributed by atoms with van der Waals surface area (Å²) in [6, 6.07) is 12.3. The van der Waals surface area contributed by atoms with Crippen LogP contribution >= 0.6 is 0 Å². The molecule has 0 fully saturated rings. The van der Waals surface area contributed by atoms with E-state index in [4.69, 9.17) is 10.5 Å². The van der Waals surface area contributed by atoms with Gasteiger partial charge in [0, 0.05) is 34.5 Å². The van der Waals surface area contributed by atoms with Crippen molar-refractivity contribution in [1.82, 2.24) is 29.4 Å². The number of benzene rings is 1. The number of ether oxygens (including phenoxy) is 1. The molecule has 0 spiro atoms. The highest BCUT2D eigenvalue weighted by Gasteiger charge is 2.25. The third kappa shape index (κ3) is 6.64. The number of nitrogens with one attached hydrogen (secondary N) is 1. The zero-order valence-corrected chi connectivity index (χ0v) is 23.2. The Hall–Kier alpha value is -4.03. The van der Waals surface area contributed by atoms with Crippen LogP contribution in [0.15, 0.2) is 55.0 Å². The lowest BCUT2D eigenvalue weighted by Crippen LogP contribution is -2.39. The van der Waals surface area contributed by atoms with Crippen LogP contribution in [0.3, 0.4) is 0 Å². The molecule has 0 atom stereocenters.